The van der Waals surface area contributed by atoms with Gasteiger partial charge < -0.3 is 14.0 Å². The Balaban J connectivity index is 1.29. The first kappa shape index (κ1) is 23.6. The van der Waals surface area contributed by atoms with Crippen molar-refractivity contribution in [1.82, 2.24) is 4.57 Å². The van der Waals surface area contributed by atoms with Crippen LogP contribution >= 0.6 is 0 Å². The van der Waals surface area contributed by atoms with Crippen LogP contribution in [-0.2, 0) is 0 Å². The molecule has 3 heterocycles. The third-order valence-corrected chi connectivity index (χ3v) is 8.24. The van der Waals surface area contributed by atoms with Crippen LogP contribution in [0.4, 0.5) is 22.7 Å². The van der Waals surface area contributed by atoms with E-state index in [2.05, 4.69) is 33.7 Å². The van der Waals surface area contributed by atoms with Gasteiger partial charge in [0.05, 0.1) is 32.9 Å². The molecule has 2 aliphatic heterocycles. The molecule has 0 spiro atoms. The summed E-state index contributed by atoms with van der Waals surface area (Å²) in [5, 5.41) is 14.6. The van der Waals surface area contributed by atoms with Crippen LogP contribution in [-0.4, -0.2) is 9.49 Å². The average Bonchev–Trinajstić information content (AvgIpc) is 3.38. The predicted molar refractivity (Wildman–Crippen MR) is 168 cm³/mol. The van der Waals surface area contributed by atoms with E-state index in [9.17, 15) is 10.1 Å². The van der Waals surface area contributed by atoms with Crippen molar-refractivity contribution in [2.24, 2.45) is 0 Å². The molecular weight excluding hydrogens is 538 g/mol. The molecule has 7 aromatic rings. The third kappa shape index (κ3) is 3.36. The molecule has 0 saturated carbocycles. The average molecular weight is 560 g/mol. The molecule has 7 heteroatoms. The molecule has 0 bridgehead atoms. The maximum atomic E-state index is 12.4. The zero-order chi connectivity index (χ0) is 28.7. The molecule has 6 aromatic carbocycles. The van der Waals surface area contributed by atoms with E-state index in [0.29, 0.717) is 34.1 Å². The second-order valence-electron chi connectivity index (χ2n) is 10.6. The first-order valence-corrected chi connectivity index (χ1v) is 13.9. The van der Waals surface area contributed by atoms with Gasteiger partial charge in [-0.1, -0.05) is 60.7 Å². The Bertz CT molecular complexity index is 2180. The van der Waals surface area contributed by atoms with Crippen molar-refractivity contribution in [2.45, 2.75) is 0 Å². The normalized spacial score (nSPS) is 12.7. The van der Waals surface area contributed by atoms with Crippen LogP contribution in [0.2, 0.25) is 0 Å². The van der Waals surface area contributed by atoms with Crippen molar-refractivity contribution in [2.75, 3.05) is 4.90 Å². The second kappa shape index (κ2) is 8.71. The van der Waals surface area contributed by atoms with Gasteiger partial charge in [-0.3, -0.25) is 15.0 Å². The van der Waals surface area contributed by atoms with Crippen LogP contribution in [0.1, 0.15) is 0 Å². The summed E-state index contributed by atoms with van der Waals surface area (Å²) >= 11 is 0. The third-order valence-electron chi connectivity index (χ3n) is 8.24. The molecule has 9 rings (SSSR count). The van der Waals surface area contributed by atoms with E-state index in [0.717, 1.165) is 44.6 Å². The summed E-state index contributed by atoms with van der Waals surface area (Å²) in [5.74, 6) is 2.53. The number of nitro benzene ring substituents is 1. The van der Waals surface area contributed by atoms with Gasteiger partial charge in [0.15, 0.2) is 23.0 Å². The van der Waals surface area contributed by atoms with Crippen LogP contribution in [0.25, 0.3) is 38.6 Å². The highest BCUT2D eigenvalue weighted by atomic mass is 16.6. The number of fused-ring (bicyclic) bond motifs is 7. The highest BCUT2D eigenvalue weighted by Gasteiger charge is 2.35. The number of rotatable bonds is 3. The largest absolute Gasteiger partial charge is 0.453 e. The van der Waals surface area contributed by atoms with Gasteiger partial charge in [0, 0.05) is 22.5 Å². The number of hydrogen-bond donors (Lipinski definition) is 0. The quantitative estimate of drug-likeness (QED) is 0.159. The number of para-hydroxylation sites is 6. The van der Waals surface area contributed by atoms with Crippen molar-refractivity contribution in [3.05, 3.63) is 138 Å². The molecule has 43 heavy (non-hydrogen) atoms. The van der Waals surface area contributed by atoms with Gasteiger partial charge >= 0.3 is 0 Å². The van der Waals surface area contributed by atoms with Gasteiger partial charge in [-0.15, -0.1) is 0 Å². The minimum absolute atomic E-state index is 0.000873. The maximum absolute atomic E-state index is 12.4. The van der Waals surface area contributed by atoms with Gasteiger partial charge in [-0.25, -0.2) is 0 Å². The molecule has 0 N–H and O–H groups in total. The maximum Gasteiger partial charge on any atom is 0.277 e. The highest BCUT2D eigenvalue weighted by Crippen LogP contribution is 2.60. The summed E-state index contributed by atoms with van der Waals surface area (Å²) in [5.41, 5.74) is 6.55. The van der Waals surface area contributed by atoms with E-state index in [4.69, 9.17) is 9.47 Å². The lowest BCUT2D eigenvalue weighted by atomic mass is 9.99. The van der Waals surface area contributed by atoms with Crippen molar-refractivity contribution in [1.29, 1.82) is 0 Å². The predicted octanol–water partition coefficient (Wildman–Crippen LogP) is 10.0. The zero-order valence-corrected chi connectivity index (χ0v) is 22.6. The second-order valence-corrected chi connectivity index (χ2v) is 10.6. The number of nitro groups is 1. The van der Waals surface area contributed by atoms with Gasteiger partial charge in [0.25, 0.3) is 5.69 Å². The van der Waals surface area contributed by atoms with Crippen LogP contribution < -0.4 is 14.4 Å². The van der Waals surface area contributed by atoms with Gasteiger partial charge in [0.1, 0.15) is 5.69 Å². The summed E-state index contributed by atoms with van der Waals surface area (Å²) in [6.45, 7) is 0. The molecule has 0 unspecified atom stereocenters. The van der Waals surface area contributed by atoms with Crippen LogP contribution in [0.3, 0.4) is 0 Å². The molecule has 0 saturated heterocycles. The number of aromatic nitrogens is 1. The zero-order valence-electron chi connectivity index (χ0n) is 22.6. The summed E-state index contributed by atoms with van der Waals surface area (Å²) in [6, 6.07) is 41.1. The standard InChI is InChI=1S/C36H21N3O4/c40-39(41)29-18-17-23(37-27-11-3-1-9-24(27)25-10-2-4-12-28(25)37)21-26(29)22-19-34-36-35(20-22)43-33-16-8-6-14-31(33)38(36)30-13-5-7-15-32(30)42-34/h1-21H. The molecule has 0 radical (unpaired) electrons. The smallest absolute Gasteiger partial charge is 0.277 e. The van der Waals surface area contributed by atoms with E-state index in [1.165, 1.54) is 0 Å². The van der Waals surface area contributed by atoms with Gasteiger partial charge in [0.2, 0.25) is 0 Å². The molecule has 204 valence electrons. The van der Waals surface area contributed by atoms with E-state index < -0.39 is 0 Å². The highest BCUT2D eigenvalue weighted by molar-refractivity contribution is 6.09. The number of ether oxygens (including phenoxy) is 2. The molecule has 1 aromatic heterocycles. The van der Waals surface area contributed by atoms with Crippen molar-refractivity contribution >= 4 is 44.6 Å². The summed E-state index contributed by atoms with van der Waals surface area (Å²) in [7, 11) is 0. The van der Waals surface area contributed by atoms with Crippen molar-refractivity contribution < 1.29 is 14.4 Å². The Morgan fingerprint density at radius 2 is 1.12 bits per heavy atom. The van der Waals surface area contributed by atoms with E-state index >= 15 is 0 Å². The van der Waals surface area contributed by atoms with Crippen molar-refractivity contribution in [3.8, 4) is 39.8 Å². The monoisotopic (exact) mass is 559 g/mol. The summed E-state index contributed by atoms with van der Waals surface area (Å²) < 4.78 is 15.0. The summed E-state index contributed by atoms with van der Waals surface area (Å²) in [4.78, 5) is 14.2. The Hall–Kier alpha value is -6.08. The number of anilines is 3. The van der Waals surface area contributed by atoms with Gasteiger partial charge in [-0.05, 0) is 66.2 Å². The fourth-order valence-corrected chi connectivity index (χ4v) is 6.43. The lowest BCUT2D eigenvalue weighted by Gasteiger charge is -2.38. The van der Waals surface area contributed by atoms with Crippen LogP contribution in [0.5, 0.6) is 23.0 Å². The molecule has 0 amide bonds. The minimum atomic E-state index is -0.339. The Labute approximate surface area is 245 Å². The summed E-state index contributed by atoms with van der Waals surface area (Å²) in [6.07, 6.45) is 0. The molecule has 2 aliphatic rings. The minimum Gasteiger partial charge on any atom is -0.453 e. The lowest BCUT2D eigenvalue weighted by molar-refractivity contribution is -0.384. The Kier molecular flexibility index (Phi) is 4.78. The Morgan fingerprint density at radius 3 is 1.70 bits per heavy atom. The Morgan fingerprint density at radius 1 is 0.581 bits per heavy atom. The molecular formula is C36H21N3O4. The number of benzene rings is 6. The fraction of sp³-hybridized carbons (Fsp3) is 0. The van der Waals surface area contributed by atoms with Crippen molar-refractivity contribution in [3.63, 3.8) is 0 Å². The SMILES string of the molecule is O=[N+]([O-])c1ccc(-n2c3ccccc3c3ccccc32)cc1-c1cc2c3c(c1)Oc1ccccc1N3c1ccccc1O2. The topological polar surface area (TPSA) is 69.8 Å². The molecule has 7 nitrogen and oxygen atoms in total. The molecule has 0 aliphatic carbocycles. The fourth-order valence-electron chi connectivity index (χ4n) is 6.43. The van der Waals surface area contributed by atoms with Crippen LogP contribution in [0, 0.1) is 10.1 Å². The number of nitrogens with zero attached hydrogens (tertiary/aromatic N) is 3. The van der Waals surface area contributed by atoms with E-state index in [1.807, 2.05) is 97.1 Å². The van der Waals surface area contributed by atoms with E-state index in [-0.39, 0.29) is 10.6 Å². The van der Waals surface area contributed by atoms with E-state index in [1.54, 1.807) is 6.07 Å². The molecule has 0 atom stereocenters. The lowest BCUT2D eigenvalue weighted by Crippen LogP contribution is -2.20. The van der Waals surface area contributed by atoms with Crippen LogP contribution in [0.15, 0.2) is 127 Å². The molecule has 0 fully saturated rings. The first-order chi connectivity index (χ1) is 21.2. The first-order valence-electron chi connectivity index (χ1n) is 13.9. The van der Waals surface area contributed by atoms with Gasteiger partial charge in [-0.2, -0.15) is 0 Å². The number of hydrogen-bond acceptors (Lipinski definition) is 5.